The van der Waals surface area contributed by atoms with Crippen LogP contribution in [0.1, 0.15) is 26.2 Å². The van der Waals surface area contributed by atoms with Gasteiger partial charge in [-0.15, -0.1) is 6.42 Å². The van der Waals surface area contributed by atoms with Crippen molar-refractivity contribution in [1.29, 1.82) is 0 Å². The molecule has 0 aliphatic heterocycles. The molecule has 0 atom stereocenters. The van der Waals surface area contributed by atoms with Crippen LogP contribution in [-0.4, -0.2) is 0 Å². The first-order chi connectivity index (χ1) is 3.93. The molecule has 1 aliphatic carbocycles. The Kier molecular flexibility index (Phi) is 5.38. The first kappa shape index (κ1) is 9.36. The van der Waals surface area contributed by atoms with Gasteiger partial charge in [-0.3, -0.25) is 6.08 Å². The van der Waals surface area contributed by atoms with Crippen LogP contribution in [0.4, 0.5) is 0 Å². The van der Waals surface area contributed by atoms with E-state index in [-0.39, 0.29) is 26.2 Å². The molecule has 0 bridgehead atoms. The zero-order valence-corrected chi connectivity index (χ0v) is 8.23. The Hall–Kier alpha value is 0.363. The molecule has 0 saturated carbocycles. The Labute approximate surface area is 76.2 Å². The van der Waals surface area contributed by atoms with E-state index in [1.54, 1.807) is 0 Å². The van der Waals surface area contributed by atoms with Gasteiger partial charge < -0.3 is 0 Å². The molecule has 0 fully saturated rings. The smallest absolute Gasteiger partial charge is 0.269 e. The first-order valence-electron chi connectivity index (χ1n) is 3.19. The van der Waals surface area contributed by atoms with Crippen molar-refractivity contribution < 1.29 is 26.2 Å². The van der Waals surface area contributed by atoms with Crippen LogP contribution in [0.5, 0.6) is 0 Å². The zero-order chi connectivity index (χ0) is 5.82. The molecule has 0 nitrogen and oxygen atoms in total. The average molecular weight is 198 g/mol. The zero-order valence-electron chi connectivity index (χ0n) is 5.78. The maximum absolute atomic E-state index is 3.26. The molecular weight excluding hydrogens is 187 g/mol. The summed E-state index contributed by atoms with van der Waals surface area (Å²) < 4.78 is 0. The van der Waals surface area contributed by atoms with Crippen LogP contribution in [0, 0.1) is 6.08 Å². The summed E-state index contributed by atoms with van der Waals surface area (Å²) in [6.07, 6.45) is 11.1. The molecule has 0 N–H and O–H groups in total. The fourth-order valence-electron chi connectivity index (χ4n) is 0.891. The van der Waals surface area contributed by atoms with Gasteiger partial charge >= 0.3 is 26.2 Å². The molecule has 0 radical (unpaired) electrons. The Morgan fingerprint density at radius 1 is 1.67 bits per heavy atom. The number of hydrogen-bond acceptors (Lipinski definition) is 0. The Bertz CT molecular complexity index is 123. The molecule has 0 saturated heterocycles. The number of rotatable bonds is 2. The Morgan fingerprint density at radius 2 is 2.44 bits per heavy atom. The number of hydrogen-bond donors (Lipinski definition) is 0. The van der Waals surface area contributed by atoms with Crippen molar-refractivity contribution in [1.82, 2.24) is 0 Å². The van der Waals surface area contributed by atoms with Crippen molar-refractivity contribution in [3.05, 3.63) is 23.8 Å². The summed E-state index contributed by atoms with van der Waals surface area (Å²) >= 11 is 0. The molecule has 0 unspecified atom stereocenters. The van der Waals surface area contributed by atoms with Gasteiger partial charge in [-0.2, -0.15) is 6.08 Å². The second-order valence-corrected chi connectivity index (χ2v) is 2.06. The molecule has 1 heteroatoms. The van der Waals surface area contributed by atoms with Gasteiger partial charge in [0.2, 0.25) is 0 Å². The minimum Gasteiger partial charge on any atom is -0.269 e. The van der Waals surface area contributed by atoms with E-state index < -0.39 is 0 Å². The standard InChI is InChI=1S/C8H11.Zr/c1-2-5-8-6-3-4-7-8;/h3,6H,2,4-5H2,1H3;/q-1;+2. The van der Waals surface area contributed by atoms with Crippen LogP contribution in [0.15, 0.2) is 17.7 Å². The normalized spacial score (nSPS) is 15.0. The average Bonchev–Trinajstić information content (AvgIpc) is 2.19. The summed E-state index contributed by atoms with van der Waals surface area (Å²) in [5.74, 6) is 0. The summed E-state index contributed by atoms with van der Waals surface area (Å²) in [6, 6.07) is 0. The van der Waals surface area contributed by atoms with Crippen LogP contribution < -0.4 is 0 Å². The molecular formula is C8H11Zr+. The van der Waals surface area contributed by atoms with Gasteiger partial charge in [0.05, 0.1) is 0 Å². The quantitative estimate of drug-likeness (QED) is 0.598. The monoisotopic (exact) mass is 197 g/mol. The predicted molar refractivity (Wildman–Crippen MR) is 35.4 cm³/mol. The third kappa shape index (κ3) is 3.15. The summed E-state index contributed by atoms with van der Waals surface area (Å²) in [4.78, 5) is 0. The fourth-order valence-corrected chi connectivity index (χ4v) is 0.891. The van der Waals surface area contributed by atoms with Crippen LogP contribution >= 0.6 is 0 Å². The Balaban J connectivity index is 0.000000640. The molecule has 0 aromatic heterocycles. The van der Waals surface area contributed by atoms with Crippen molar-refractivity contribution in [3.8, 4) is 0 Å². The van der Waals surface area contributed by atoms with Gasteiger partial charge in [0.15, 0.2) is 0 Å². The van der Waals surface area contributed by atoms with E-state index in [1.807, 2.05) is 0 Å². The molecule has 0 spiro atoms. The van der Waals surface area contributed by atoms with Crippen molar-refractivity contribution >= 4 is 0 Å². The molecule has 46 valence electrons. The van der Waals surface area contributed by atoms with Gasteiger partial charge in [0, 0.05) is 0 Å². The second kappa shape index (κ2) is 5.17. The van der Waals surface area contributed by atoms with Crippen molar-refractivity contribution in [2.24, 2.45) is 0 Å². The van der Waals surface area contributed by atoms with Gasteiger partial charge in [0.25, 0.3) is 0 Å². The Morgan fingerprint density at radius 3 is 2.89 bits per heavy atom. The fraction of sp³-hybridized carbons (Fsp3) is 0.500. The first-order valence-corrected chi connectivity index (χ1v) is 3.19. The van der Waals surface area contributed by atoms with E-state index in [0.717, 1.165) is 6.42 Å². The van der Waals surface area contributed by atoms with Gasteiger partial charge in [0.1, 0.15) is 0 Å². The largest absolute Gasteiger partial charge is 2.00 e. The van der Waals surface area contributed by atoms with E-state index in [9.17, 15) is 0 Å². The van der Waals surface area contributed by atoms with Crippen molar-refractivity contribution in [2.45, 2.75) is 26.2 Å². The van der Waals surface area contributed by atoms with Crippen LogP contribution in [-0.2, 0) is 26.2 Å². The third-order valence-corrected chi connectivity index (χ3v) is 1.29. The maximum atomic E-state index is 3.26. The topological polar surface area (TPSA) is 0 Å². The van der Waals surface area contributed by atoms with Gasteiger partial charge in [-0.25, -0.2) is 11.6 Å². The molecule has 9 heavy (non-hydrogen) atoms. The SMILES string of the molecule is CCCC1=[C-]CC=C1.[Zr+2]. The summed E-state index contributed by atoms with van der Waals surface area (Å²) in [7, 11) is 0. The third-order valence-electron chi connectivity index (χ3n) is 1.29. The summed E-state index contributed by atoms with van der Waals surface area (Å²) in [5, 5.41) is 0. The predicted octanol–water partition coefficient (Wildman–Crippen LogP) is 2.47. The summed E-state index contributed by atoms with van der Waals surface area (Å²) in [5.41, 5.74) is 1.40. The molecule has 0 heterocycles. The van der Waals surface area contributed by atoms with E-state index >= 15 is 0 Å². The second-order valence-electron chi connectivity index (χ2n) is 2.06. The van der Waals surface area contributed by atoms with Crippen LogP contribution in [0.2, 0.25) is 0 Å². The molecule has 0 aromatic rings. The van der Waals surface area contributed by atoms with Gasteiger partial charge in [-0.05, 0) is 0 Å². The van der Waals surface area contributed by atoms with Crippen molar-refractivity contribution in [3.63, 3.8) is 0 Å². The van der Waals surface area contributed by atoms with E-state index in [1.165, 1.54) is 18.4 Å². The van der Waals surface area contributed by atoms with E-state index in [4.69, 9.17) is 0 Å². The van der Waals surface area contributed by atoms with Crippen molar-refractivity contribution in [2.75, 3.05) is 0 Å². The van der Waals surface area contributed by atoms with Gasteiger partial charge in [-0.1, -0.05) is 19.8 Å². The molecule has 1 rings (SSSR count). The van der Waals surface area contributed by atoms with Crippen LogP contribution in [0.3, 0.4) is 0 Å². The van der Waals surface area contributed by atoms with E-state index in [0.29, 0.717) is 0 Å². The minimum atomic E-state index is 0. The maximum Gasteiger partial charge on any atom is 2.00 e. The minimum absolute atomic E-state index is 0. The van der Waals surface area contributed by atoms with E-state index in [2.05, 4.69) is 25.2 Å². The summed E-state index contributed by atoms with van der Waals surface area (Å²) in [6.45, 7) is 2.20. The molecule has 1 aliphatic rings. The molecule has 0 amide bonds. The van der Waals surface area contributed by atoms with Crippen LogP contribution in [0.25, 0.3) is 0 Å². The molecule has 0 aromatic carbocycles. The number of allylic oxidation sites excluding steroid dienone is 4.